The van der Waals surface area contributed by atoms with Crippen molar-refractivity contribution in [1.29, 1.82) is 0 Å². The first kappa shape index (κ1) is 21.7. The van der Waals surface area contributed by atoms with Crippen LogP contribution in [0.3, 0.4) is 0 Å². The molecule has 0 radical (unpaired) electrons. The molecule has 7 nitrogen and oxygen atoms in total. The van der Waals surface area contributed by atoms with Crippen LogP contribution in [0, 0.1) is 11.8 Å². The minimum Gasteiger partial charge on any atom is -0.497 e. The average molecular weight is 428 g/mol. The Morgan fingerprint density at radius 2 is 1.55 bits per heavy atom. The number of methoxy groups -OCH3 is 1. The van der Waals surface area contributed by atoms with Crippen molar-refractivity contribution < 1.29 is 19.1 Å². The summed E-state index contributed by atoms with van der Waals surface area (Å²) in [7, 11) is 1.60. The fourth-order valence-electron chi connectivity index (χ4n) is 4.66. The SMILES string of the molecule is COc1ccc(C(=O)N2CCC(C(NC(=O)C3CC3)C(=O)N3CCCCC3)CC2)cc1. The molecule has 7 heteroatoms. The van der Waals surface area contributed by atoms with Gasteiger partial charge in [-0.05, 0) is 75.1 Å². The van der Waals surface area contributed by atoms with E-state index >= 15 is 0 Å². The van der Waals surface area contributed by atoms with Gasteiger partial charge >= 0.3 is 0 Å². The largest absolute Gasteiger partial charge is 0.497 e. The summed E-state index contributed by atoms with van der Waals surface area (Å²) in [6, 6.07) is 6.68. The number of ether oxygens (including phenoxy) is 1. The molecule has 1 atom stereocenters. The zero-order chi connectivity index (χ0) is 21.8. The average Bonchev–Trinajstić information content (AvgIpc) is 3.68. The number of nitrogens with one attached hydrogen (secondary N) is 1. The van der Waals surface area contributed by atoms with E-state index in [4.69, 9.17) is 4.74 Å². The number of nitrogens with zero attached hydrogens (tertiary/aromatic N) is 2. The van der Waals surface area contributed by atoms with Gasteiger partial charge in [0.05, 0.1) is 7.11 Å². The number of hydrogen-bond acceptors (Lipinski definition) is 4. The van der Waals surface area contributed by atoms with Crippen LogP contribution in [0.2, 0.25) is 0 Å². The summed E-state index contributed by atoms with van der Waals surface area (Å²) in [5, 5.41) is 3.09. The van der Waals surface area contributed by atoms with E-state index in [-0.39, 0.29) is 29.6 Å². The summed E-state index contributed by atoms with van der Waals surface area (Å²) >= 11 is 0. The second-order valence-electron chi connectivity index (χ2n) is 9.00. The van der Waals surface area contributed by atoms with Crippen LogP contribution in [-0.2, 0) is 9.59 Å². The molecule has 1 unspecified atom stereocenters. The van der Waals surface area contributed by atoms with E-state index in [1.54, 1.807) is 31.4 Å². The lowest BCUT2D eigenvalue weighted by Gasteiger charge is -2.38. The van der Waals surface area contributed by atoms with Gasteiger partial charge in [-0.1, -0.05) is 0 Å². The van der Waals surface area contributed by atoms with E-state index in [0.717, 1.165) is 63.8 Å². The molecule has 1 N–H and O–H groups in total. The Hall–Kier alpha value is -2.57. The van der Waals surface area contributed by atoms with Gasteiger partial charge in [0.2, 0.25) is 11.8 Å². The minimum absolute atomic E-state index is 0.00188. The third-order valence-corrected chi connectivity index (χ3v) is 6.81. The lowest BCUT2D eigenvalue weighted by molar-refractivity contribution is -0.139. The van der Waals surface area contributed by atoms with Gasteiger partial charge in [0.15, 0.2) is 0 Å². The Kier molecular flexibility index (Phi) is 6.78. The Morgan fingerprint density at radius 3 is 2.13 bits per heavy atom. The van der Waals surface area contributed by atoms with Gasteiger partial charge in [-0.25, -0.2) is 0 Å². The quantitative estimate of drug-likeness (QED) is 0.756. The van der Waals surface area contributed by atoms with Crippen LogP contribution in [0.5, 0.6) is 5.75 Å². The number of rotatable bonds is 6. The van der Waals surface area contributed by atoms with Gasteiger partial charge in [0.1, 0.15) is 11.8 Å². The molecule has 31 heavy (non-hydrogen) atoms. The lowest BCUT2D eigenvalue weighted by atomic mass is 9.87. The number of carbonyl (C=O) groups excluding carboxylic acids is 3. The summed E-state index contributed by atoms with van der Waals surface area (Å²) < 4.78 is 5.16. The van der Waals surface area contributed by atoms with E-state index in [0.29, 0.717) is 18.7 Å². The third kappa shape index (κ3) is 5.20. The molecule has 1 aromatic carbocycles. The van der Waals surface area contributed by atoms with Crippen LogP contribution < -0.4 is 10.1 Å². The Labute approximate surface area is 184 Å². The maximum absolute atomic E-state index is 13.3. The Morgan fingerprint density at radius 1 is 0.903 bits per heavy atom. The minimum atomic E-state index is -0.468. The van der Waals surface area contributed by atoms with Gasteiger partial charge < -0.3 is 19.9 Å². The topological polar surface area (TPSA) is 79.0 Å². The van der Waals surface area contributed by atoms with Gasteiger partial charge in [-0.2, -0.15) is 0 Å². The second-order valence-corrected chi connectivity index (χ2v) is 9.00. The molecule has 168 valence electrons. The molecular formula is C24H33N3O4. The van der Waals surface area contributed by atoms with E-state index in [1.807, 2.05) is 9.80 Å². The number of amides is 3. The molecule has 2 aliphatic heterocycles. The van der Waals surface area contributed by atoms with Crippen molar-refractivity contribution in [3.8, 4) is 5.75 Å². The number of hydrogen-bond donors (Lipinski definition) is 1. The fraction of sp³-hybridized carbons (Fsp3) is 0.625. The van der Waals surface area contributed by atoms with Gasteiger partial charge in [0, 0.05) is 37.7 Å². The number of carbonyl (C=O) groups is 3. The number of benzene rings is 1. The second kappa shape index (κ2) is 9.71. The van der Waals surface area contributed by atoms with E-state index < -0.39 is 6.04 Å². The highest BCUT2D eigenvalue weighted by atomic mass is 16.5. The van der Waals surface area contributed by atoms with Crippen molar-refractivity contribution >= 4 is 17.7 Å². The summed E-state index contributed by atoms with van der Waals surface area (Å²) in [5.74, 6) is 0.953. The van der Waals surface area contributed by atoms with Crippen molar-refractivity contribution in [2.45, 2.75) is 51.0 Å². The highest BCUT2D eigenvalue weighted by Crippen LogP contribution is 2.30. The standard InChI is InChI=1S/C24H33N3O4/c1-31-20-9-7-19(8-10-20)23(29)27-15-11-17(12-16-27)21(25-22(28)18-5-6-18)24(30)26-13-3-2-4-14-26/h7-10,17-18,21H,2-6,11-16H2,1H3,(H,25,28). The maximum atomic E-state index is 13.3. The number of likely N-dealkylation sites (tertiary alicyclic amines) is 2. The van der Waals surface area contributed by atoms with E-state index in [1.165, 1.54) is 0 Å². The summed E-state index contributed by atoms with van der Waals surface area (Å²) in [4.78, 5) is 42.4. The Balaban J connectivity index is 1.39. The zero-order valence-corrected chi connectivity index (χ0v) is 18.3. The zero-order valence-electron chi connectivity index (χ0n) is 18.3. The predicted octanol–water partition coefficient (Wildman–Crippen LogP) is 2.45. The fourth-order valence-corrected chi connectivity index (χ4v) is 4.66. The van der Waals surface area contributed by atoms with Crippen LogP contribution in [0.1, 0.15) is 55.3 Å². The molecule has 1 aromatic rings. The van der Waals surface area contributed by atoms with E-state index in [2.05, 4.69) is 5.32 Å². The van der Waals surface area contributed by atoms with Crippen LogP contribution >= 0.6 is 0 Å². The Bertz CT molecular complexity index is 792. The summed E-state index contributed by atoms with van der Waals surface area (Å²) in [5.41, 5.74) is 0.641. The molecule has 0 spiro atoms. The predicted molar refractivity (Wildman–Crippen MR) is 117 cm³/mol. The molecule has 3 fully saturated rings. The molecule has 1 aliphatic carbocycles. The van der Waals surface area contributed by atoms with Crippen molar-refractivity contribution in [2.75, 3.05) is 33.3 Å². The first-order valence-corrected chi connectivity index (χ1v) is 11.6. The first-order chi connectivity index (χ1) is 15.1. The first-order valence-electron chi connectivity index (χ1n) is 11.6. The van der Waals surface area contributed by atoms with Crippen LogP contribution in [-0.4, -0.2) is 66.9 Å². The van der Waals surface area contributed by atoms with E-state index in [9.17, 15) is 14.4 Å². The normalized spacial score (nSPS) is 20.8. The van der Waals surface area contributed by atoms with Gasteiger partial charge in [-0.3, -0.25) is 14.4 Å². The third-order valence-electron chi connectivity index (χ3n) is 6.81. The maximum Gasteiger partial charge on any atom is 0.253 e. The van der Waals surface area contributed by atoms with Gasteiger partial charge in [-0.15, -0.1) is 0 Å². The van der Waals surface area contributed by atoms with Crippen LogP contribution in [0.25, 0.3) is 0 Å². The highest BCUT2D eigenvalue weighted by molar-refractivity contribution is 5.94. The van der Waals surface area contributed by atoms with Crippen molar-refractivity contribution in [3.63, 3.8) is 0 Å². The molecular weight excluding hydrogens is 394 g/mol. The monoisotopic (exact) mass is 427 g/mol. The van der Waals surface area contributed by atoms with Crippen molar-refractivity contribution in [3.05, 3.63) is 29.8 Å². The molecule has 3 amide bonds. The van der Waals surface area contributed by atoms with Gasteiger partial charge in [0.25, 0.3) is 5.91 Å². The van der Waals surface area contributed by atoms with Crippen LogP contribution in [0.15, 0.2) is 24.3 Å². The van der Waals surface area contributed by atoms with Crippen molar-refractivity contribution in [2.24, 2.45) is 11.8 Å². The molecule has 3 aliphatic rings. The molecule has 2 heterocycles. The molecule has 0 aromatic heterocycles. The highest BCUT2D eigenvalue weighted by Gasteiger charge is 2.39. The van der Waals surface area contributed by atoms with Crippen molar-refractivity contribution in [1.82, 2.24) is 15.1 Å². The molecule has 0 bridgehead atoms. The smallest absolute Gasteiger partial charge is 0.253 e. The van der Waals surface area contributed by atoms with Crippen LogP contribution in [0.4, 0.5) is 0 Å². The molecule has 4 rings (SSSR count). The number of piperidine rings is 2. The molecule has 2 saturated heterocycles. The summed E-state index contributed by atoms with van der Waals surface area (Å²) in [6.07, 6.45) is 6.51. The lowest BCUT2D eigenvalue weighted by Crippen LogP contribution is -2.55. The molecule has 1 saturated carbocycles. The summed E-state index contributed by atoms with van der Waals surface area (Å²) in [6.45, 7) is 2.75.